The van der Waals surface area contributed by atoms with Gasteiger partial charge in [0.1, 0.15) is 6.10 Å². The molecule has 0 aromatic heterocycles. The van der Waals surface area contributed by atoms with Crippen molar-refractivity contribution in [1.29, 1.82) is 0 Å². The Morgan fingerprint density at radius 1 is 1.25 bits per heavy atom. The van der Waals surface area contributed by atoms with Gasteiger partial charge < -0.3 is 20.7 Å². The maximum atomic E-state index is 12.4. The predicted octanol–water partition coefficient (Wildman–Crippen LogP) is 1.79. The molecular formula is C17H24ClN3O3. The summed E-state index contributed by atoms with van der Waals surface area (Å²) in [7, 11) is 0. The second kappa shape index (κ2) is 8.46. The van der Waals surface area contributed by atoms with Crippen molar-refractivity contribution < 1.29 is 14.3 Å². The van der Waals surface area contributed by atoms with Crippen LogP contribution in [-0.2, 0) is 9.53 Å². The highest BCUT2D eigenvalue weighted by molar-refractivity contribution is 5.98. The summed E-state index contributed by atoms with van der Waals surface area (Å²) < 4.78 is 5.59. The van der Waals surface area contributed by atoms with Crippen molar-refractivity contribution in [2.24, 2.45) is 5.73 Å². The second-order valence-electron chi connectivity index (χ2n) is 6.13. The fourth-order valence-electron chi connectivity index (χ4n) is 3.13. The Bertz CT molecular complexity index is 590. The molecule has 7 heteroatoms. The van der Waals surface area contributed by atoms with Crippen molar-refractivity contribution >= 4 is 29.9 Å². The molecule has 0 unspecified atom stereocenters. The number of benzene rings is 1. The van der Waals surface area contributed by atoms with E-state index in [1.54, 1.807) is 24.3 Å². The number of likely N-dealkylation sites (tertiary alicyclic amines) is 1. The molecule has 132 valence electrons. The van der Waals surface area contributed by atoms with Crippen LogP contribution in [0.15, 0.2) is 24.3 Å². The van der Waals surface area contributed by atoms with Gasteiger partial charge in [-0.15, -0.1) is 12.4 Å². The number of carbonyl (C=O) groups is 2. The Labute approximate surface area is 148 Å². The molecule has 3 N–H and O–H groups in total. The molecule has 24 heavy (non-hydrogen) atoms. The van der Waals surface area contributed by atoms with Gasteiger partial charge in [0.15, 0.2) is 0 Å². The van der Waals surface area contributed by atoms with E-state index in [1.807, 2.05) is 4.90 Å². The highest BCUT2D eigenvalue weighted by atomic mass is 35.5. The van der Waals surface area contributed by atoms with Gasteiger partial charge in [0.05, 0.1) is 6.10 Å². The molecule has 6 nitrogen and oxygen atoms in total. The van der Waals surface area contributed by atoms with Crippen LogP contribution in [0.2, 0.25) is 0 Å². The van der Waals surface area contributed by atoms with Crippen molar-refractivity contribution in [3.05, 3.63) is 29.8 Å². The SMILES string of the molecule is Cl.NC[C@H]1CC[C@@H](C(=O)Nc2cccc(C(=O)N3CCCC3)c2)O1. The van der Waals surface area contributed by atoms with Gasteiger partial charge in [0.2, 0.25) is 0 Å². The molecule has 2 fully saturated rings. The third-order valence-corrected chi connectivity index (χ3v) is 4.43. The molecule has 0 bridgehead atoms. The fraction of sp³-hybridized carbons (Fsp3) is 0.529. The van der Waals surface area contributed by atoms with Crippen molar-refractivity contribution in [1.82, 2.24) is 4.90 Å². The molecule has 2 atom stereocenters. The highest BCUT2D eigenvalue weighted by Gasteiger charge is 2.30. The normalized spacial score (nSPS) is 23.0. The molecule has 1 aromatic carbocycles. The molecule has 2 saturated heterocycles. The van der Waals surface area contributed by atoms with Gasteiger partial charge in [0, 0.05) is 30.9 Å². The second-order valence-corrected chi connectivity index (χ2v) is 6.13. The van der Waals surface area contributed by atoms with E-state index in [1.165, 1.54) is 0 Å². The molecule has 2 amide bonds. The Morgan fingerprint density at radius 3 is 2.67 bits per heavy atom. The molecule has 0 aliphatic carbocycles. The Morgan fingerprint density at radius 2 is 2.00 bits per heavy atom. The number of hydrogen-bond donors (Lipinski definition) is 2. The van der Waals surface area contributed by atoms with E-state index in [0.29, 0.717) is 24.2 Å². The zero-order valence-corrected chi connectivity index (χ0v) is 14.4. The number of nitrogens with zero attached hydrogens (tertiary/aromatic N) is 1. The number of nitrogens with two attached hydrogens (primary N) is 1. The first-order valence-corrected chi connectivity index (χ1v) is 8.23. The van der Waals surface area contributed by atoms with Crippen LogP contribution in [0.4, 0.5) is 5.69 Å². The lowest BCUT2D eigenvalue weighted by atomic mass is 10.1. The molecule has 2 heterocycles. The van der Waals surface area contributed by atoms with E-state index in [0.717, 1.165) is 32.4 Å². The molecule has 0 saturated carbocycles. The van der Waals surface area contributed by atoms with Crippen LogP contribution in [0.1, 0.15) is 36.0 Å². The standard InChI is InChI=1S/C17H23N3O3.ClH/c18-11-14-6-7-15(23-14)16(21)19-13-5-3-4-12(10-13)17(22)20-8-1-2-9-20;/h3-5,10,14-15H,1-2,6-9,11,18H2,(H,19,21);1H/t14-,15+;/m1./s1. The number of hydrogen-bond acceptors (Lipinski definition) is 4. The van der Waals surface area contributed by atoms with Gasteiger partial charge in [-0.3, -0.25) is 9.59 Å². The number of amides is 2. The Hall–Kier alpha value is -1.63. The highest BCUT2D eigenvalue weighted by Crippen LogP contribution is 2.21. The number of rotatable bonds is 4. The van der Waals surface area contributed by atoms with Crippen molar-refractivity contribution in [3.8, 4) is 0 Å². The van der Waals surface area contributed by atoms with Crippen LogP contribution in [0.5, 0.6) is 0 Å². The van der Waals surface area contributed by atoms with E-state index >= 15 is 0 Å². The minimum Gasteiger partial charge on any atom is -0.364 e. The zero-order valence-electron chi connectivity index (χ0n) is 13.6. The van der Waals surface area contributed by atoms with E-state index in [9.17, 15) is 9.59 Å². The lowest BCUT2D eigenvalue weighted by Crippen LogP contribution is -2.30. The summed E-state index contributed by atoms with van der Waals surface area (Å²) in [4.78, 5) is 26.5. The van der Waals surface area contributed by atoms with E-state index in [4.69, 9.17) is 10.5 Å². The van der Waals surface area contributed by atoms with Crippen LogP contribution in [0.3, 0.4) is 0 Å². The third kappa shape index (κ3) is 4.26. The molecule has 3 rings (SSSR count). The van der Waals surface area contributed by atoms with Gasteiger partial charge in [-0.2, -0.15) is 0 Å². The Balaban J connectivity index is 0.00000208. The summed E-state index contributed by atoms with van der Waals surface area (Å²) >= 11 is 0. The van der Waals surface area contributed by atoms with Gasteiger partial charge in [-0.05, 0) is 43.9 Å². The number of nitrogens with one attached hydrogen (secondary N) is 1. The fourth-order valence-corrected chi connectivity index (χ4v) is 3.13. The van der Waals surface area contributed by atoms with Crippen molar-refractivity contribution in [2.75, 3.05) is 25.0 Å². The van der Waals surface area contributed by atoms with Crippen molar-refractivity contribution in [3.63, 3.8) is 0 Å². The first kappa shape index (κ1) is 18.7. The topological polar surface area (TPSA) is 84.7 Å². The van der Waals surface area contributed by atoms with Gasteiger partial charge in [-0.25, -0.2) is 0 Å². The lowest BCUT2D eigenvalue weighted by Gasteiger charge is -2.16. The monoisotopic (exact) mass is 353 g/mol. The summed E-state index contributed by atoms with van der Waals surface area (Å²) in [6.07, 6.45) is 3.12. The first-order chi connectivity index (χ1) is 11.2. The van der Waals surface area contributed by atoms with Crippen LogP contribution in [0, 0.1) is 0 Å². The molecule has 2 aliphatic rings. The third-order valence-electron chi connectivity index (χ3n) is 4.43. The van der Waals surface area contributed by atoms with Gasteiger partial charge in [0.25, 0.3) is 11.8 Å². The number of ether oxygens (including phenoxy) is 1. The molecular weight excluding hydrogens is 330 g/mol. The summed E-state index contributed by atoms with van der Waals surface area (Å²) in [5.74, 6) is -0.148. The van der Waals surface area contributed by atoms with E-state index in [2.05, 4.69) is 5.32 Å². The van der Waals surface area contributed by atoms with Gasteiger partial charge >= 0.3 is 0 Å². The average molecular weight is 354 g/mol. The van der Waals surface area contributed by atoms with Crippen LogP contribution in [-0.4, -0.2) is 48.6 Å². The summed E-state index contributed by atoms with van der Waals surface area (Å²) in [5, 5.41) is 2.84. The van der Waals surface area contributed by atoms with E-state index in [-0.39, 0.29) is 30.3 Å². The minimum atomic E-state index is -0.457. The molecule has 2 aliphatic heterocycles. The molecule has 0 radical (unpaired) electrons. The van der Waals surface area contributed by atoms with Crippen LogP contribution in [0.25, 0.3) is 0 Å². The largest absolute Gasteiger partial charge is 0.364 e. The maximum Gasteiger partial charge on any atom is 0.253 e. The van der Waals surface area contributed by atoms with E-state index < -0.39 is 6.10 Å². The quantitative estimate of drug-likeness (QED) is 0.864. The minimum absolute atomic E-state index is 0. The van der Waals surface area contributed by atoms with Gasteiger partial charge in [-0.1, -0.05) is 6.07 Å². The summed E-state index contributed by atoms with van der Waals surface area (Å²) in [6.45, 7) is 2.06. The molecule has 0 spiro atoms. The lowest BCUT2D eigenvalue weighted by molar-refractivity contribution is -0.126. The van der Waals surface area contributed by atoms with Crippen LogP contribution < -0.4 is 11.1 Å². The number of anilines is 1. The van der Waals surface area contributed by atoms with Crippen molar-refractivity contribution in [2.45, 2.75) is 37.9 Å². The summed E-state index contributed by atoms with van der Waals surface area (Å²) in [5.41, 5.74) is 6.80. The number of carbonyl (C=O) groups excluding carboxylic acids is 2. The Kier molecular flexibility index (Phi) is 6.60. The first-order valence-electron chi connectivity index (χ1n) is 8.23. The smallest absolute Gasteiger partial charge is 0.253 e. The maximum absolute atomic E-state index is 12.4. The average Bonchev–Trinajstić information content (AvgIpc) is 3.25. The predicted molar refractivity (Wildman–Crippen MR) is 94.4 cm³/mol. The molecule has 1 aromatic rings. The van der Waals surface area contributed by atoms with Crippen LogP contribution >= 0.6 is 12.4 Å². The number of halogens is 1. The zero-order chi connectivity index (χ0) is 16.2. The summed E-state index contributed by atoms with van der Waals surface area (Å²) in [6, 6.07) is 7.09.